The Morgan fingerprint density at radius 2 is 1.84 bits per heavy atom. The average Bonchev–Trinajstić information content (AvgIpc) is 2.97. The summed E-state index contributed by atoms with van der Waals surface area (Å²) < 4.78 is 5.57. The molecule has 0 aromatic heterocycles. The molecule has 132 valence electrons. The molecule has 3 unspecified atom stereocenters. The van der Waals surface area contributed by atoms with Crippen LogP contribution in [0, 0.1) is 6.92 Å². The van der Waals surface area contributed by atoms with Crippen molar-refractivity contribution in [2.45, 2.75) is 38.9 Å². The minimum atomic E-state index is -0.195. The zero-order chi connectivity index (χ0) is 17.8. The Hall–Kier alpha value is -2.37. The molecule has 5 nitrogen and oxygen atoms in total. The van der Waals surface area contributed by atoms with Crippen molar-refractivity contribution >= 4 is 5.91 Å². The topological polar surface area (TPSA) is 62.4 Å². The van der Waals surface area contributed by atoms with Gasteiger partial charge in [-0.2, -0.15) is 0 Å². The highest BCUT2D eigenvalue weighted by Crippen LogP contribution is 2.27. The van der Waals surface area contributed by atoms with Gasteiger partial charge >= 0.3 is 0 Å². The molecule has 1 aliphatic heterocycles. The summed E-state index contributed by atoms with van der Waals surface area (Å²) in [5, 5.41) is 3.10. The maximum absolute atomic E-state index is 12.8. The van der Waals surface area contributed by atoms with Crippen LogP contribution in [0.15, 0.2) is 48.5 Å². The van der Waals surface area contributed by atoms with Crippen molar-refractivity contribution in [3.63, 3.8) is 0 Å². The lowest BCUT2D eigenvalue weighted by Gasteiger charge is -2.23. The van der Waals surface area contributed by atoms with Crippen LogP contribution in [0.4, 0.5) is 0 Å². The first kappa shape index (κ1) is 17.5. The lowest BCUT2D eigenvalue weighted by Crippen LogP contribution is -2.46. The van der Waals surface area contributed by atoms with Crippen LogP contribution in [-0.2, 0) is 0 Å². The normalized spacial score (nSPS) is 22.6. The Morgan fingerprint density at radius 1 is 1.12 bits per heavy atom. The number of hydrogen-bond acceptors (Lipinski definition) is 4. The van der Waals surface area contributed by atoms with Gasteiger partial charge in [0.2, 0.25) is 0 Å². The van der Waals surface area contributed by atoms with Gasteiger partial charge in [-0.25, -0.2) is 5.43 Å². The number of ether oxygens (including phenoxy) is 1. The largest absolute Gasteiger partial charge is 0.493 e. The Kier molecular flexibility index (Phi) is 5.36. The van der Waals surface area contributed by atoms with Crippen molar-refractivity contribution in [1.82, 2.24) is 16.2 Å². The zero-order valence-corrected chi connectivity index (χ0v) is 14.9. The van der Waals surface area contributed by atoms with Gasteiger partial charge in [0, 0.05) is 12.0 Å². The van der Waals surface area contributed by atoms with E-state index in [0.717, 1.165) is 0 Å². The fourth-order valence-electron chi connectivity index (χ4n) is 3.24. The molecule has 25 heavy (non-hydrogen) atoms. The predicted molar refractivity (Wildman–Crippen MR) is 98.5 cm³/mol. The molecular formula is C20H25N3O2. The van der Waals surface area contributed by atoms with Crippen LogP contribution in [0.25, 0.3) is 0 Å². The smallest absolute Gasteiger partial charge is 0.256 e. The molecule has 0 aliphatic carbocycles. The molecule has 0 saturated carbocycles. The van der Waals surface area contributed by atoms with Crippen molar-refractivity contribution in [1.29, 1.82) is 0 Å². The van der Waals surface area contributed by atoms with E-state index in [1.54, 1.807) is 6.07 Å². The molecule has 0 radical (unpaired) electrons. The molecular weight excluding hydrogens is 314 g/mol. The second-order valence-electron chi connectivity index (χ2n) is 6.39. The molecule has 3 N–H and O–H groups in total. The minimum absolute atomic E-state index is 0.142. The Balaban J connectivity index is 1.79. The number of rotatable bonds is 5. The number of amides is 1. The van der Waals surface area contributed by atoms with Gasteiger partial charge in [0.1, 0.15) is 11.9 Å². The van der Waals surface area contributed by atoms with Crippen LogP contribution < -0.4 is 20.9 Å². The van der Waals surface area contributed by atoms with Crippen LogP contribution >= 0.6 is 0 Å². The summed E-state index contributed by atoms with van der Waals surface area (Å²) in [6.07, 6.45) is -0.195. The molecule has 0 bridgehead atoms. The molecule has 0 spiro atoms. The number of carbonyl (C=O) groups excluding carboxylic acids is 1. The number of hydrogen-bond donors (Lipinski definition) is 3. The van der Waals surface area contributed by atoms with E-state index in [2.05, 4.69) is 54.3 Å². The summed E-state index contributed by atoms with van der Waals surface area (Å²) >= 11 is 0. The van der Waals surface area contributed by atoms with Crippen LogP contribution in [-0.4, -0.2) is 24.7 Å². The molecule has 1 amide bonds. The maximum atomic E-state index is 12.8. The number of benzene rings is 2. The molecule has 1 fully saturated rings. The summed E-state index contributed by atoms with van der Waals surface area (Å²) in [7, 11) is 0. The second kappa shape index (κ2) is 7.68. The van der Waals surface area contributed by atoms with E-state index in [1.807, 2.05) is 25.1 Å². The highest BCUT2D eigenvalue weighted by Gasteiger charge is 2.35. The second-order valence-corrected chi connectivity index (χ2v) is 6.39. The van der Waals surface area contributed by atoms with E-state index in [1.165, 1.54) is 11.1 Å². The number of nitrogens with one attached hydrogen (secondary N) is 3. The third kappa shape index (κ3) is 3.83. The third-order valence-corrected chi connectivity index (χ3v) is 4.54. The van der Waals surface area contributed by atoms with Crippen molar-refractivity contribution in [3.8, 4) is 5.75 Å². The summed E-state index contributed by atoms with van der Waals surface area (Å²) in [6, 6.07) is 16.0. The first-order valence-electron chi connectivity index (χ1n) is 8.70. The molecule has 1 aliphatic rings. The highest BCUT2D eigenvalue weighted by molar-refractivity contribution is 5.97. The molecule has 1 saturated heterocycles. The predicted octanol–water partition coefficient (Wildman–Crippen LogP) is 2.73. The lowest BCUT2D eigenvalue weighted by molar-refractivity contribution is 0.0924. The van der Waals surface area contributed by atoms with Gasteiger partial charge in [-0.05, 0) is 38.5 Å². The number of hydrazine groups is 1. The Bertz CT molecular complexity index is 730. The van der Waals surface area contributed by atoms with Crippen molar-refractivity contribution in [3.05, 3.63) is 65.2 Å². The first-order valence-corrected chi connectivity index (χ1v) is 8.70. The van der Waals surface area contributed by atoms with E-state index < -0.39 is 0 Å². The fourth-order valence-corrected chi connectivity index (χ4v) is 3.24. The van der Waals surface area contributed by atoms with Gasteiger partial charge in [0.25, 0.3) is 5.91 Å². The molecule has 5 heteroatoms. The fraction of sp³-hybridized carbons (Fsp3) is 0.350. The van der Waals surface area contributed by atoms with Gasteiger partial charge in [0.05, 0.1) is 12.2 Å². The van der Waals surface area contributed by atoms with Crippen LogP contribution in [0.3, 0.4) is 0 Å². The molecule has 2 aromatic rings. The van der Waals surface area contributed by atoms with Gasteiger partial charge in [-0.3, -0.25) is 10.2 Å². The van der Waals surface area contributed by atoms with E-state index in [0.29, 0.717) is 17.9 Å². The average molecular weight is 339 g/mol. The Morgan fingerprint density at radius 3 is 2.56 bits per heavy atom. The van der Waals surface area contributed by atoms with E-state index >= 15 is 0 Å². The summed E-state index contributed by atoms with van der Waals surface area (Å²) in [5.74, 6) is 0.603. The summed E-state index contributed by atoms with van der Waals surface area (Å²) in [6.45, 7) is 6.61. The highest BCUT2D eigenvalue weighted by atomic mass is 16.5. The van der Waals surface area contributed by atoms with E-state index in [4.69, 9.17) is 4.74 Å². The zero-order valence-electron chi connectivity index (χ0n) is 14.9. The quantitative estimate of drug-likeness (QED) is 0.784. The van der Waals surface area contributed by atoms with Gasteiger partial charge in [-0.15, -0.1) is 0 Å². The standard InChI is InChI=1S/C20H25N3O2/c1-4-25-17-8-6-5-7-16(17)20(24)21-19-18(14(3)22-23-19)15-11-9-13(2)10-12-15/h5-12,14,18-19,22-23H,4H2,1-3H3,(H,21,24). The number of para-hydroxylation sites is 1. The van der Waals surface area contributed by atoms with Gasteiger partial charge < -0.3 is 10.1 Å². The third-order valence-electron chi connectivity index (χ3n) is 4.54. The monoisotopic (exact) mass is 339 g/mol. The van der Waals surface area contributed by atoms with Crippen LogP contribution in [0.2, 0.25) is 0 Å². The SMILES string of the molecule is CCOc1ccccc1C(=O)NC1NNC(C)C1c1ccc(C)cc1. The summed E-state index contributed by atoms with van der Waals surface area (Å²) in [5.41, 5.74) is 9.40. The number of aryl methyl sites for hydroxylation is 1. The summed E-state index contributed by atoms with van der Waals surface area (Å²) in [4.78, 5) is 12.8. The maximum Gasteiger partial charge on any atom is 0.256 e. The number of carbonyl (C=O) groups is 1. The minimum Gasteiger partial charge on any atom is -0.493 e. The lowest BCUT2D eigenvalue weighted by atomic mass is 9.91. The molecule has 2 aromatic carbocycles. The van der Waals surface area contributed by atoms with Gasteiger partial charge in [-0.1, -0.05) is 42.0 Å². The van der Waals surface area contributed by atoms with Crippen LogP contribution in [0.5, 0.6) is 5.75 Å². The molecule has 3 atom stereocenters. The molecule has 3 rings (SSSR count). The first-order chi connectivity index (χ1) is 12.1. The van der Waals surface area contributed by atoms with E-state index in [-0.39, 0.29) is 24.0 Å². The van der Waals surface area contributed by atoms with Crippen molar-refractivity contribution in [2.75, 3.05) is 6.61 Å². The van der Waals surface area contributed by atoms with E-state index in [9.17, 15) is 4.79 Å². The Labute approximate surface area is 148 Å². The van der Waals surface area contributed by atoms with Gasteiger partial charge in [0.15, 0.2) is 0 Å². The van der Waals surface area contributed by atoms with Crippen molar-refractivity contribution in [2.24, 2.45) is 0 Å². The molecule has 1 heterocycles. The van der Waals surface area contributed by atoms with Crippen molar-refractivity contribution < 1.29 is 9.53 Å². The van der Waals surface area contributed by atoms with Crippen LogP contribution in [0.1, 0.15) is 41.3 Å².